The lowest BCUT2D eigenvalue weighted by Crippen LogP contribution is -2.20. The average molecular weight is 264 g/mol. The molecule has 0 aromatic rings. The third-order valence-corrected chi connectivity index (χ3v) is 4.52. The molecule has 0 spiro atoms. The van der Waals surface area contributed by atoms with Gasteiger partial charge in [-0.1, -0.05) is 64.2 Å². The van der Waals surface area contributed by atoms with Gasteiger partial charge in [-0.3, -0.25) is 0 Å². The van der Waals surface area contributed by atoms with Gasteiger partial charge in [-0.25, -0.2) is 9.59 Å². The van der Waals surface area contributed by atoms with E-state index in [1.54, 1.807) is 25.7 Å². The molecule has 1 heterocycles. The van der Waals surface area contributed by atoms with Crippen molar-refractivity contribution in [3.8, 4) is 0 Å². The quantitative estimate of drug-likeness (QED) is 0.535. The van der Waals surface area contributed by atoms with E-state index in [-0.39, 0.29) is 0 Å². The number of hydrogen-bond donors (Lipinski definition) is 0. The van der Waals surface area contributed by atoms with Crippen LogP contribution in [0, 0.1) is 11.8 Å². The third kappa shape index (κ3) is 4.81. The molecule has 0 bridgehead atoms. The second kappa shape index (κ2) is 7.46. The molecule has 2 fully saturated rings. The van der Waals surface area contributed by atoms with Gasteiger partial charge < -0.3 is 4.74 Å². The number of esters is 2. The van der Waals surface area contributed by atoms with Crippen molar-refractivity contribution in [2.24, 2.45) is 11.8 Å². The summed E-state index contributed by atoms with van der Waals surface area (Å²) >= 11 is 0. The van der Waals surface area contributed by atoms with Crippen LogP contribution >= 0.6 is 0 Å². The first-order valence-corrected chi connectivity index (χ1v) is 7.69. The highest BCUT2D eigenvalue weighted by Gasteiger charge is 2.24. The van der Waals surface area contributed by atoms with E-state index in [1.165, 1.54) is 38.5 Å². The van der Waals surface area contributed by atoms with Crippen LogP contribution < -0.4 is 0 Å². The zero-order valence-corrected chi connectivity index (χ0v) is 11.6. The Kier molecular flexibility index (Phi) is 5.62. The first kappa shape index (κ1) is 14.3. The predicted molar refractivity (Wildman–Crippen MR) is 73.4 cm³/mol. The van der Waals surface area contributed by atoms with Gasteiger partial charge in [0.15, 0.2) is 0 Å². The number of carbonyl (C=O) groups excluding carboxylic acids is 2. The van der Waals surface area contributed by atoms with Gasteiger partial charge in [-0.2, -0.15) is 0 Å². The molecular formula is C16H24O3. The minimum absolute atomic E-state index is 0.579. The molecule has 3 rings (SSSR count). The van der Waals surface area contributed by atoms with Crippen molar-refractivity contribution in [3.05, 3.63) is 12.2 Å². The molecule has 0 unspecified atom stereocenters. The molecule has 0 saturated heterocycles. The van der Waals surface area contributed by atoms with Gasteiger partial charge >= 0.3 is 11.9 Å². The summed E-state index contributed by atoms with van der Waals surface area (Å²) in [4.78, 5) is 19.8. The Balaban J connectivity index is 0.000000163. The molecule has 0 aromatic heterocycles. The van der Waals surface area contributed by atoms with Crippen LogP contribution in [0.5, 0.6) is 0 Å². The molecule has 1 aliphatic heterocycles. The van der Waals surface area contributed by atoms with Crippen molar-refractivity contribution in [1.29, 1.82) is 0 Å². The van der Waals surface area contributed by atoms with Crippen molar-refractivity contribution in [2.75, 3.05) is 0 Å². The molecule has 0 atom stereocenters. The average Bonchev–Trinajstić information content (AvgIpc) is 2.85. The van der Waals surface area contributed by atoms with E-state index in [4.69, 9.17) is 0 Å². The Morgan fingerprint density at radius 3 is 1.32 bits per heavy atom. The van der Waals surface area contributed by atoms with Gasteiger partial charge in [-0.15, -0.1) is 0 Å². The second-order valence-corrected chi connectivity index (χ2v) is 5.87. The van der Waals surface area contributed by atoms with Crippen LogP contribution in [0.25, 0.3) is 0 Å². The fourth-order valence-electron chi connectivity index (χ4n) is 3.51. The Bertz CT molecular complexity index is 302. The van der Waals surface area contributed by atoms with Crippen LogP contribution in [0.1, 0.15) is 64.2 Å². The van der Waals surface area contributed by atoms with Gasteiger partial charge in [0.05, 0.1) is 0 Å². The van der Waals surface area contributed by atoms with Crippen molar-refractivity contribution in [2.45, 2.75) is 64.2 Å². The van der Waals surface area contributed by atoms with Gasteiger partial charge in [0.25, 0.3) is 0 Å². The maximum atomic E-state index is 9.92. The van der Waals surface area contributed by atoms with Crippen LogP contribution in [0.3, 0.4) is 0 Å². The molecule has 3 aliphatic rings. The lowest BCUT2D eigenvalue weighted by molar-refractivity contribution is -0.150. The number of ether oxygens (including phenoxy) is 1. The largest absolute Gasteiger partial charge is 0.387 e. The first-order valence-electron chi connectivity index (χ1n) is 7.69. The van der Waals surface area contributed by atoms with Crippen molar-refractivity contribution < 1.29 is 14.3 Å². The fourth-order valence-corrected chi connectivity index (χ4v) is 3.51. The molecule has 3 heteroatoms. The SMILES string of the molecule is C1CCC(C2CCCCC2)CC1.O=C1C=CC(=O)O1. The molecule has 106 valence electrons. The van der Waals surface area contributed by atoms with Crippen molar-refractivity contribution in [1.82, 2.24) is 0 Å². The molecule has 0 radical (unpaired) electrons. The summed E-state index contributed by atoms with van der Waals surface area (Å²) in [5.74, 6) is 1.12. The molecule has 3 nitrogen and oxygen atoms in total. The van der Waals surface area contributed by atoms with E-state index in [9.17, 15) is 9.59 Å². The maximum Gasteiger partial charge on any atom is 0.338 e. The Morgan fingerprint density at radius 1 is 0.684 bits per heavy atom. The molecular weight excluding hydrogens is 240 g/mol. The van der Waals surface area contributed by atoms with E-state index < -0.39 is 11.9 Å². The lowest BCUT2D eigenvalue weighted by atomic mass is 9.73. The first-order chi connectivity index (χ1) is 9.25. The van der Waals surface area contributed by atoms with E-state index >= 15 is 0 Å². The number of cyclic esters (lactones) is 2. The van der Waals surface area contributed by atoms with E-state index in [1.807, 2.05) is 0 Å². The Hall–Kier alpha value is -1.12. The molecule has 0 amide bonds. The van der Waals surface area contributed by atoms with Crippen molar-refractivity contribution >= 4 is 11.9 Å². The third-order valence-electron chi connectivity index (χ3n) is 4.52. The monoisotopic (exact) mass is 264 g/mol. The minimum atomic E-state index is -0.579. The summed E-state index contributed by atoms with van der Waals surface area (Å²) < 4.78 is 3.97. The predicted octanol–water partition coefficient (Wildman–Crippen LogP) is 3.77. The molecule has 19 heavy (non-hydrogen) atoms. The smallest absolute Gasteiger partial charge is 0.338 e. The Morgan fingerprint density at radius 2 is 1.05 bits per heavy atom. The Labute approximate surface area is 115 Å². The molecule has 2 aliphatic carbocycles. The summed E-state index contributed by atoms with van der Waals surface area (Å²) in [5, 5.41) is 0. The summed E-state index contributed by atoms with van der Waals surface area (Å²) in [6.45, 7) is 0. The zero-order chi connectivity index (χ0) is 13.5. The minimum Gasteiger partial charge on any atom is -0.387 e. The summed E-state index contributed by atoms with van der Waals surface area (Å²) in [6.07, 6.45) is 17.6. The van der Waals surface area contributed by atoms with E-state index in [0.717, 1.165) is 24.0 Å². The van der Waals surface area contributed by atoms with Crippen LogP contribution in [0.4, 0.5) is 0 Å². The second-order valence-electron chi connectivity index (χ2n) is 5.87. The fraction of sp³-hybridized carbons (Fsp3) is 0.750. The molecule has 0 aromatic carbocycles. The number of carbonyl (C=O) groups is 2. The summed E-state index contributed by atoms with van der Waals surface area (Å²) in [5.41, 5.74) is 0. The van der Waals surface area contributed by atoms with Gasteiger partial charge in [0.2, 0.25) is 0 Å². The highest BCUT2D eigenvalue weighted by atomic mass is 16.6. The van der Waals surface area contributed by atoms with Crippen LogP contribution in [-0.2, 0) is 14.3 Å². The standard InChI is InChI=1S/C12H22.C4H2O3/c1-3-7-11(8-4-1)12-9-5-2-6-10-12;5-3-1-2-4(6)7-3/h11-12H,1-10H2;1-2H. The highest BCUT2D eigenvalue weighted by Crippen LogP contribution is 2.37. The highest BCUT2D eigenvalue weighted by molar-refractivity contribution is 6.04. The number of hydrogen-bond acceptors (Lipinski definition) is 3. The molecule has 0 N–H and O–H groups in total. The van der Waals surface area contributed by atoms with Gasteiger partial charge in [-0.05, 0) is 11.8 Å². The number of rotatable bonds is 1. The topological polar surface area (TPSA) is 43.4 Å². The normalized spacial score (nSPS) is 24.8. The van der Waals surface area contributed by atoms with E-state index in [2.05, 4.69) is 4.74 Å². The lowest BCUT2D eigenvalue weighted by Gasteiger charge is -2.32. The van der Waals surface area contributed by atoms with Crippen LogP contribution in [0.15, 0.2) is 12.2 Å². The maximum absolute atomic E-state index is 9.92. The van der Waals surface area contributed by atoms with E-state index in [0.29, 0.717) is 0 Å². The summed E-state index contributed by atoms with van der Waals surface area (Å²) in [7, 11) is 0. The summed E-state index contributed by atoms with van der Waals surface area (Å²) in [6, 6.07) is 0. The molecule has 2 saturated carbocycles. The van der Waals surface area contributed by atoms with Gasteiger partial charge in [0, 0.05) is 12.2 Å². The van der Waals surface area contributed by atoms with Crippen molar-refractivity contribution in [3.63, 3.8) is 0 Å². The van der Waals surface area contributed by atoms with Gasteiger partial charge in [0.1, 0.15) is 0 Å². The van der Waals surface area contributed by atoms with Crippen LogP contribution in [0.2, 0.25) is 0 Å². The zero-order valence-electron chi connectivity index (χ0n) is 11.6. The van der Waals surface area contributed by atoms with Crippen LogP contribution in [-0.4, -0.2) is 11.9 Å².